The number of carbonyl (C=O) groups is 2. The molecule has 1 rings (SSSR count). The second kappa shape index (κ2) is 7.68. The second-order valence-corrected chi connectivity index (χ2v) is 5.35. The van der Waals surface area contributed by atoms with Crippen LogP contribution >= 0.6 is 0 Å². The van der Waals surface area contributed by atoms with Crippen LogP contribution in [0.5, 0.6) is 0 Å². The number of hydrogen-bond donors (Lipinski definition) is 4. The van der Waals surface area contributed by atoms with Gasteiger partial charge in [0.1, 0.15) is 5.69 Å². The summed E-state index contributed by atoms with van der Waals surface area (Å²) >= 11 is 0. The summed E-state index contributed by atoms with van der Waals surface area (Å²) in [5.74, 6) is -1.10. The molecule has 1 aromatic rings. The Kier molecular flexibility index (Phi) is 6.23. The van der Waals surface area contributed by atoms with Crippen molar-refractivity contribution in [2.24, 2.45) is 0 Å². The van der Waals surface area contributed by atoms with Crippen LogP contribution < -0.4 is 10.6 Å². The molecule has 7 heteroatoms. The topological polar surface area (TPSA) is 97.5 Å². The lowest BCUT2D eigenvalue weighted by Crippen LogP contribution is -2.33. The van der Waals surface area contributed by atoms with E-state index in [1.807, 2.05) is 7.05 Å². The number of aromatic carboxylic acids is 1. The van der Waals surface area contributed by atoms with Gasteiger partial charge in [-0.2, -0.15) is 0 Å². The van der Waals surface area contributed by atoms with Crippen LogP contribution in [0.1, 0.15) is 36.5 Å². The van der Waals surface area contributed by atoms with Crippen LogP contribution in [0, 0.1) is 6.92 Å². The third-order valence-corrected chi connectivity index (χ3v) is 3.27. The molecule has 0 aromatic carbocycles. The normalized spacial score (nSPS) is 11.0. The Morgan fingerprint density at radius 1 is 1.43 bits per heavy atom. The molecule has 1 aromatic heterocycles. The first kappa shape index (κ1) is 17.0. The smallest absolute Gasteiger partial charge is 0.354 e. The predicted molar refractivity (Wildman–Crippen MR) is 81.9 cm³/mol. The summed E-state index contributed by atoms with van der Waals surface area (Å²) in [4.78, 5) is 27.6. The Morgan fingerprint density at radius 3 is 2.67 bits per heavy atom. The summed E-state index contributed by atoms with van der Waals surface area (Å²) in [7, 11) is 2.03. The Labute approximate surface area is 124 Å². The fourth-order valence-electron chi connectivity index (χ4n) is 1.81. The lowest BCUT2D eigenvalue weighted by Gasteiger charge is -2.20. The molecule has 21 heavy (non-hydrogen) atoms. The molecule has 4 N–H and O–H groups in total. The number of H-pyrrole nitrogens is 1. The Balaban J connectivity index is 2.39. The minimum Gasteiger partial charge on any atom is -0.477 e. The number of hydrogen-bond acceptors (Lipinski definition) is 3. The molecule has 0 aliphatic carbocycles. The highest BCUT2D eigenvalue weighted by Gasteiger charge is 2.15. The third-order valence-electron chi connectivity index (χ3n) is 3.27. The number of nitrogens with zero attached hydrogens (tertiary/aromatic N) is 1. The summed E-state index contributed by atoms with van der Waals surface area (Å²) in [5.41, 5.74) is 0.945. The van der Waals surface area contributed by atoms with Gasteiger partial charge in [-0.05, 0) is 46.9 Å². The van der Waals surface area contributed by atoms with Gasteiger partial charge in [-0.1, -0.05) is 0 Å². The van der Waals surface area contributed by atoms with E-state index in [0.717, 1.165) is 13.0 Å². The minimum absolute atomic E-state index is 0.0119. The van der Waals surface area contributed by atoms with Crippen molar-refractivity contribution in [3.63, 3.8) is 0 Å². The zero-order valence-corrected chi connectivity index (χ0v) is 13.0. The highest BCUT2D eigenvalue weighted by atomic mass is 16.4. The zero-order valence-electron chi connectivity index (χ0n) is 13.0. The van der Waals surface area contributed by atoms with Crippen LogP contribution in [0.15, 0.2) is 6.07 Å². The van der Waals surface area contributed by atoms with E-state index in [4.69, 9.17) is 5.11 Å². The van der Waals surface area contributed by atoms with Crippen LogP contribution in [-0.4, -0.2) is 53.2 Å². The van der Waals surface area contributed by atoms with E-state index in [1.165, 1.54) is 0 Å². The quantitative estimate of drug-likeness (QED) is 0.577. The first-order valence-corrected chi connectivity index (χ1v) is 6.99. The van der Waals surface area contributed by atoms with Gasteiger partial charge in [0.15, 0.2) is 0 Å². The van der Waals surface area contributed by atoms with Crippen molar-refractivity contribution in [1.82, 2.24) is 15.2 Å². The molecule has 0 aliphatic rings. The van der Waals surface area contributed by atoms with Gasteiger partial charge < -0.3 is 25.6 Å². The number of anilines is 1. The standard InChI is InChI=1S/C14H24N4O3/c1-9(2)18(4)7-5-6-15-14(21)17-11-8-10(3)16-12(11)13(19)20/h8-9,16H,5-7H2,1-4H3,(H,19,20)(H2,15,17,21). The number of rotatable bonds is 7. The first-order valence-electron chi connectivity index (χ1n) is 6.99. The number of urea groups is 1. The van der Waals surface area contributed by atoms with Crippen LogP contribution in [-0.2, 0) is 0 Å². The van der Waals surface area contributed by atoms with E-state index < -0.39 is 12.0 Å². The van der Waals surface area contributed by atoms with Crippen LogP contribution in [0.2, 0.25) is 0 Å². The van der Waals surface area contributed by atoms with E-state index in [0.29, 0.717) is 18.3 Å². The largest absolute Gasteiger partial charge is 0.477 e. The highest BCUT2D eigenvalue weighted by molar-refractivity contribution is 5.99. The Bertz CT molecular complexity index is 496. The van der Waals surface area contributed by atoms with E-state index in [9.17, 15) is 9.59 Å². The molecule has 0 fully saturated rings. The maximum absolute atomic E-state index is 11.7. The molecule has 0 spiro atoms. The lowest BCUT2D eigenvalue weighted by molar-refractivity contribution is 0.0692. The molecule has 1 heterocycles. The fourth-order valence-corrected chi connectivity index (χ4v) is 1.81. The summed E-state index contributed by atoms with van der Waals surface area (Å²) in [5, 5.41) is 14.3. The molecule has 2 amide bonds. The van der Waals surface area contributed by atoms with Crippen molar-refractivity contribution < 1.29 is 14.7 Å². The van der Waals surface area contributed by atoms with Crippen molar-refractivity contribution in [2.75, 3.05) is 25.5 Å². The lowest BCUT2D eigenvalue weighted by atomic mass is 10.3. The van der Waals surface area contributed by atoms with Crippen LogP contribution in [0.3, 0.4) is 0 Å². The summed E-state index contributed by atoms with van der Waals surface area (Å²) < 4.78 is 0. The predicted octanol–water partition coefficient (Wildman–Crippen LogP) is 1.87. The Hall–Kier alpha value is -2.02. The number of aromatic amines is 1. The molecule has 0 atom stereocenters. The molecule has 7 nitrogen and oxygen atoms in total. The monoisotopic (exact) mass is 296 g/mol. The van der Waals surface area contributed by atoms with E-state index >= 15 is 0 Å². The molecule has 0 aliphatic heterocycles. The molecular weight excluding hydrogens is 272 g/mol. The average Bonchev–Trinajstić information content (AvgIpc) is 2.75. The third kappa shape index (κ3) is 5.47. The van der Waals surface area contributed by atoms with Gasteiger partial charge in [0.05, 0.1) is 5.69 Å². The molecule has 0 saturated heterocycles. The highest BCUT2D eigenvalue weighted by Crippen LogP contribution is 2.16. The number of aryl methyl sites for hydroxylation is 1. The van der Waals surface area contributed by atoms with E-state index in [1.54, 1.807) is 13.0 Å². The molecular formula is C14H24N4O3. The Morgan fingerprint density at radius 2 is 2.10 bits per heavy atom. The molecule has 118 valence electrons. The van der Waals surface area contributed by atoms with E-state index in [2.05, 4.69) is 34.4 Å². The van der Waals surface area contributed by atoms with Gasteiger partial charge in [0.25, 0.3) is 0 Å². The molecule has 0 bridgehead atoms. The van der Waals surface area contributed by atoms with Crippen molar-refractivity contribution in [3.05, 3.63) is 17.5 Å². The maximum atomic E-state index is 11.7. The molecule has 0 radical (unpaired) electrons. The average molecular weight is 296 g/mol. The van der Waals surface area contributed by atoms with Gasteiger partial charge in [-0.25, -0.2) is 9.59 Å². The molecule has 0 unspecified atom stereocenters. The van der Waals surface area contributed by atoms with Gasteiger partial charge >= 0.3 is 12.0 Å². The number of carboxylic acid groups (broad SMARTS) is 1. The number of carboxylic acids is 1. The first-order chi connectivity index (χ1) is 9.81. The van der Waals surface area contributed by atoms with Gasteiger partial charge in [0, 0.05) is 18.3 Å². The van der Waals surface area contributed by atoms with Crippen LogP contribution in [0.25, 0.3) is 0 Å². The summed E-state index contributed by atoms with van der Waals surface area (Å²) in [6.07, 6.45) is 0.833. The molecule has 0 saturated carbocycles. The summed E-state index contributed by atoms with van der Waals surface area (Å²) in [6, 6.07) is 1.67. The number of amides is 2. The number of carbonyl (C=O) groups excluding carboxylic acids is 1. The number of aromatic nitrogens is 1. The van der Waals surface area contributed by atoms with Crippen molar-refractivity contribution in [1.29, 1.82) is 0 Å². The summed E-state index contributed by atoms with van der Waals surface area (Å²) in [6.45, 7) is 7.39. The van der Waals surface area contributed by atoms with E-state index in [-0.39, 0.29) is 11.4 Å². The van der Waals surface area contributed by atoms with Gasteiger partial charge in [-0.15, -0.1) is 0 Å². The fraction of sp³-hybridized carbons (Fsp3) is 0.571. The maximum Gasteiger partial charge on any atom is 0.354 e. The van der Waals surface area contributed by atoms with Gasteiger partial charge in [0.2, 0.25) is 0 Å². The van der Waals surface area contributed by atoms with Crippen molar-refractivity contribution in [2.45, 2.75) is 33.2 Å². The van der Waals surface area contributed by atoms with Gasteiger partial charge in [-0.3, -0.25) is 0 Å². The van der Waals surface area contributed by atoms with Crippen LogP contribution in [0.4, 0.5) is 10.5 Å². The SMILES string of the molecule is Cc1cc(NC(=O)NCCCN(C)C(C)C)c(C(=O)O)[nH]1. The zero-order chi connectivity index (χ0) is 16.0. The minimum atomic E-state index is -1.10. The van der Waals surface area contributed by atoms with Crippen molar-refractivity contribution >= 4 is 17.7 Å². The number of nitrogens with one attached hydrogen (secondary N) is 3. The second-order valence-electron chi connectivity index (χ2n) is 5.35. The van der Waals surface area contributed by atoms with Crippen molar-refractivity contribution in [3.8, 4) is 0 Å².